The molecule has 1 aromatic carbocycles. The quantitative estimate of drug-likeness (QED) is 0.849. The number of nitriles is 1. The first-order valence-corrected chi connectivity index (χ1v) is 7.15. The van der Waals surface area contributed by atoms with Crippen molar-refractivity contribution in [3.05, 3.63) is 29.0 Å². The number of hydrogen-bond acceptors (Lipinski definition) is 3. The van der Waals surface area contributed by atoms with Crippen LogP contribution in [0.5, 0.6) is 0 Å². The maximum atomic E-state index is 8.93. The predicted molar refractivity (Wildman–Crippen MR) is 81.5 cm³/mol. The third-order valence-corrected chi connectivity index (χ3v) is 3.74. The van der Waals surface area contributed by atoms with Gasteiger partial charge in [-0.3, -0.25) is 4.90 Å². The molecule has 0 fully saturated rings. The zero-order valence-corrected chi connectivity index (χ0v) is 12.9. The largest absolute Gasteiger partial charge is 0.330 e. The van der Waals surface area contributed by atoms with Gasteiger partial charge in [-0.2, -0.15) is 5.26 Å². The Morgan fingerprint density at radius 3 is 2.90 bits per heavy atom. The van der Waals surface area contributed by atoms with Gasteiger partial charge in [0, 0.05) is 18.6 Å². The van der Waals surface area contributed by atoms with Crippen LogP contribution in [0.3, 0.4) is 0 Å². The molecular weight excluding hydrogens is 272 g/mol. The molecule has 0 radical (unpaired) electrons. The van der Waals surface area contributed by atoms with E-state index in [1.54, 1.807) is 0 Å². The third-order valence-electron chi connectivity index (χ3n) is 3.50. The van der Waals surface area contributed by atoms with E-state index in [0.717, 1.165) is 36.5 Å². The van der Waals surface area contributed by atoms with Gasteiger partial charge in [0.2, 0.25) is 0 Å². The van der Waals surface area contributed by atoms with Gasteiger partial charge in [0.05, 0.1) is 29.6 Å². The number of benzene rings is 1. The molecule has 106 valence electrons. The molecule has 0 aliphatic carbocycles. The van der Waals surface area contributed by atoms with Crippen LogP contribution in [0.15, 0.2) is 18.2 Å². The Hall–Kier alpha value is -1.57. The predicted octanol–water partition coefficient (Wildman–Crippen LogP) is 3.21. The second kappa shape index (κ2) is 6.25. The average Bonchev–Trinajstić information content (AvgIpc) is 2.73. The highest BCUT2D eigenvalue weighted by Crippen LogP contribution is 2.20. The first-order valence-electron chi connectivity index (χ1n) is 6.78. The summed E-state index contributed by atoms with van der Waals surface area (Å²) in [6, 6.07) is 8.03. The number of aryl methyl sites for hydroxylation is 1. The molecule has 0 aliphatic rings. The Balaban J connectivity index is 2.24. The van der Waals surface area contributed by atoms with Gasteiger partial charge in [0.1, 0.15) is 5.82 Å². The van der Waals surface area contributed by atoms with Crippen molar-refractivity contribution in [1.82, 2.24) is 14.5 Å². The van der Waals surface area contributed by atoms with Crippen LogP contribution in [0.25, 0.3) is 11.0 Å². The minimum atomic E-state index is 0.0269. The monoisotopic (exact) mass is 290 g/mol. The van der Waals surface area contributed by atoms with Gasteiger partial charge in [-0.25, -0.2) is 4.98 Å². The highest BCUT2D eigenvalue weighted by molar-refractivity contribution is 6.31. The molecule has 1 atom stereocenters. The molecule has 0 saturated carbocycles. The van der Waals surface area contributed by atoms with E-state index in [-0.39, 0.29) is 5.92 Å². The number of rotatable bonds is 5. The summed E-state index contributed by atoms with van der Waals surface area (Å²) in [7, 11) is 2.01. The minimum Gasteiger partial charge on any atom is -0.330 e. The van der Waals surface area contributed by atoms with Crippen LogP contribution in [0.4, 0.5) is 0 Å². The highest BCUT2D eigenvalue weighted by Gasteiger charge is 2.13. The zero-order chi connectivity index (χ0) is 14.7. The van der Waals surface area contributed by atoms with Crippen molar-refractivity contribution in [3.8, 4) is 6.07 Å². The highest BCUT2D eigenvalue weighted by atomic mass is 35.5. The molecule has 0 saturated heterocycles. The fourth-order valence-electron chi connectivity index (χ4n) is 2.30. The zero-order valence-electron chi connectivity index (χ0n) is 12.1. The number of imidazole rings is 1. The molecule has 0 N–H and O–H groups in total. The van der Waals surface area contributed by atoms with E-state index in [1.165, 1.54) is 0 Å². The van der Waals surface area contributed by atoms with Crippen molar-refractivity contribution >= 4 is 22.6 Å². The van der Waals surface area contributed by atoms with Crippen LogP contribution in [-0.2, 0) is 13.6 Å². The van der Waals surface area contributed by atoms with E-state index in [9.17, 15) is 0 Å². The maximum Gasteiger partial charge on any atom is 0.123 e. The standard InChI is InChI=1S/C15H19ClN4/c1-4-20(9-11(2)8-17)10-15-18-13-7-12(16)5-6-14(13)19(15)3/h5-7,11H,4,9-10H2,1-3H3/t11-/m1/s1. The molecule has 2 aromatic rings. The van der Waals surface area contributed by atoms with Crippen LogP contribution in [0.2, 0.25) is 5.02 Å². The van der Waals surface area contributed by atoms with Gasteiger partial charge in [0.25, 0.3) is 0 Å². The Morgan fingerprint density at radius 2 is 2.25 bits per heavy atom. The Morgan fingerprint density at radius 1 is 1.50 bits per heavy atom. The van der Waals surface area contributed by atoms with E-state index < -0.39 is 0 Å². The van der Waals surface area contributed by atoms with E-state index in [1.807, 2.05) is 32.2 Å². The average molecular weight is 291 g/mol. The number of aromatic nitrogens is 2. The minimum absolute atomic E-state index is 0.0269. The molecule has 5 heteroatoms. The summed E-state index contributed by atoms with van der Waals surface area (Å²) in [5, 5.41) is 9.63. The van der Waals surface area contributed by atoms with Crippen molar-refractivity contribution in [3.63, 3.8) is 0 Å². The molecule has 0 spiro atoms. The second-order valence-electron chi connectivity index (χ2n) is 5.08. The normalized spacial score (nSPS) is 12.8. The lowest BCUT2D eigenvalue weighted by Crippen LogP contribution is -2.28. The van der Waals surface area contributed by atoms with Crippen LogP contribution < -0.4 is 0 Å². The van der Waals surface area contributed by atoms with Crippen molar-refractivity contribution < 1.29 is 0 Å². The van der Waals surface area contributed by atoms with E-state index in [2.05, 4.69) is 27.4 Å². The summed E-state index contributed by atoms with van der Waals surface area (Å²) >= 11 is 6.01. The fraction of sp³-hybridized carbons (Fsp3) is 0.467. The Kier molecular flexibility index (Phi) is 4.64. The van der Waals surface area contributed by atoms with Crippen LogP contribution in [-0.4, -0.2) is 27.5 Å². The molecular formula is C15H19ClN4. The molecule has 1 aromatic heterocycles. The lowest BCUT2D eigenvalue weighted by atomic mass is 10.2. The van der Waals surface area contributed by atoms with Crippen molar-refractivity contribution in [2.24, 2.45) is 13.0 Å². The van der Waals surface area contributed by atoms with Crippen LogP contribution in [0, 0.1) is 17.2 Å². The van der Waals surface area contributed by atoms with Gasteiger partial charge in [-0.1, -0.05) is 18.5 Å². The van der Waals surface area contributed by atoms with Crippen molar-refractivity contribution in [2.45, 2.75) is 20.4 Å². The van der Waals surface area contributed by atoms with E-state index in [4.69, 9.17) is 16.9 Å². The molecule has 0 amide bonds. The number of fused-ring (bicyclic) bond motifs is 1. The van der Waals surface area contributed by atoms with Gasteiger partial charge in [0.15, 0.2) is 0 Å². The van der Waals surface area contributed by atoms with Crippen LogP contribution in [0.1, 0.15) is 19.7 Å². The summed E-state index contributed by atoms with van der Waals surface area (Å²) in [6.07, 6.45) is 0. The lowest BCUT2D eigenvalue weighted by Gasteiger charge is -2.20. The van der Waals surface area contributed by atoms with Gasteiger partial charge >= 0.3 is 0 Å². The smallest absolute Gasteiger partial charge is 0.123 e. The maximum absolute atomic E-state index is 8.93. The molecule has 0 unspecified atom stereocenters. The molecule has 0 aliphatic heterocycles. The topological polar surface area (TPSA) is 44.9 Å². The SMILES string of the molecule is CCN(Cc1nc2cc(Cl)ccc2n1C)C[C@H](C)C#N. The molecule has 20 heavy (non-hydrogen) atoms. The second-order valence-corrected chi connectivity index (χ2v) is 5.51. The van der Waals surface area contributed by atoms with Gasteiger partial charge < -0.3 is 4.57 Å². The lowest BCUT2D eigenvalue weighted by molar-refractivity contribution is 0.252. The molecule has 4 nitrogen and oxygen atoms in total. The summed E-state index contributed by atoms with van der Waals surface area (Å²) in [5.41, 5.74) is 1.99. The fourth-order valence-corrected chi connectivity index (χ4v) is 2.46. The first-order chi connectivity index (χ1) is 9.55. The summed E-state index contributed by atoms with van der Waals surface area (Å²) in [6.45, 7) is 6.44. The molecule has 0 bridgehead atoms. The van der Waals surface area contributed by atoms with E-state index in [0.29, 0.717) is 5.02 Å². The van der Waals surface area contributed by atoms with Gasteiger partial charge in [-0.05, 0) is 31.7 Å². The van der Waals surface area contributed by atoms with Crippen molar-refractivity contribution in [1.29, 1.82) is 5.26 Å². The van der Waals surface area contributed by atoms with E-state index >= 15 is 0 Å². The summed E-state index contributed by atoms with van der Waals surface area (Å²) in [5.74, 6) is 1.02. The number of nitrogens with zero attached hydrogens (tertiary/aromatic N) is 4. The summed E-state index contributed by atoms with van der Waals surface area (Å²) in [4.78, 5) is 6.88. The first kappa shape index (κ1) is 14.8. The number of halogens is 1. The van der Waals surface area contributed by atoms with Crippen LogP contribution >= 0.6 is 11.6 Å². The third kappa shape index (κ3) is 3.12. The van der Waals surface area contributed by atoms with Crippen molar-refractivity contribution in [2.75, 3.05) is 13.1 Å². The Labute approximate surface area is 124 Å². The molecule has 1 heterocycles. The van der Waals surface area contributed by atoms with Gasteiger partial charge in [-0.15, -0.1) is 0 Å². The molecule has 2 rings (SSSR count). The Bertz CT molecular complexity index is 641. The summed E-state index contributed by atoms with van der Waals surface area (Å²) < 4.78 is 2.09. The number of hydrogen-bond donors (Lipinski definition) is 0.